The van der Waals surface area contributed by atoms with E-state index in [2.05, 4.69) is 20.8 Å². The molecular weight excluding hydrogens is 721 g/mol. The van der Waals surface area contributed by atoms with Gasteiger partial charge in [0.05, 0.1) is 34.5 Å². The van der Waals surface area contributed by atoms with Gasteiger partial charge in [-0.05, 0) is 98.9 Å². The van der Waals surface area contributed by atoms with Crippen molar-refractivity contribution in [2.24, 2.45) is 22.7 Å². The summed E-state index contributed by atoms with van der Waals surface area (Å²) in [6, 6.07) is 35.6. The van der Waals surface area contributed by atoms with Crippen LogP contribution in [0.3, 0.4) is 0 Å². The number of carbonyl (C=O) groups is 4. The van der Waals surface area contributed by atoms with Crippen LogP contribution in [0.5, 0.6) is 0 Å². The second kappa shape index (κ2) is 16.7. The quantitative estimate of drug-likeness (QED) is 0.103. The minimum absolute atomic E-state index is 0.0118. The normalized spacial score (nSPS) is 29.1. The molecule has 7 atom stereocenters. The molecule has 0 aromatic heterocycles. The number of ether oxygens (including phenoxy) is 5. The number of hydrogen-bond acceptors (Lipinski definition) is 9. The fourth-order valence-electron chi connectivity index (χ4n) is 10.1. The number of fused-ring (bicyclic) bond motifs is 2. The standard InChI is InChI=1S/C48H52O9/c1-34-24-25-39-45(2,32-54-42(50)36-18-10-5-11-19-36)40(56-44(52)38-22-14-7-15-23-38)26-27-46(39,3)48(34)29-28-47(57-48,33-55-43(51)37-20-12-6-13-21-37)30-31-53-41(49)35-16-8-4-9-17-35/h4-23,34,39-40H,24-33H2,1-3H3/t34-,39+,40-,45-,46-,47-,48-/m0/s1. The summed E-state index contributed by atoms with van der Waals surface area (Å²) >= 11 is 0. The Kier molecular flexibility index (Phi) is 11.7. The minimum Gasteiger partial charge on any atom is -0.462 e. The van der Waals surface area contributed by atoms with Crippen LogP contribution in [0, 0.1) is 22.7 Å². The van der Waals surface area contributed by atoms with E-state index in [1.165, 1.54) is 0 Å². The Hall–Kier alpha value is -5.28. The molecule has 9 heteroatoms. The van der Waals surface area contributed by atoms with Crippen molar-refractivity contribution in [3.63, 3.8) is 0 Å². The van der Waals surface area contributed by atoms with Crippen molar-refractivity contribution < 1.29 is 42.9 Å². The number of hydrogen-bond donors (Lipinski definition) is 0. The second-order valence-corrected chi connectivity index (χ2v) is 16.6. The van der Waals surface area contributed by atoms with Crippen LogP contribution in [0.15, 0.2) is 121 Å². The average Bonchev–Trinajstić information content (AvgIpc) is 3.64. The summed E-state index contributed by atoms with van der Waals surface area (Å²) in [5.74, 6) is -1.68. The van der Waals surface area contributed by atoms with Gasteiger partial charge < -0.3 is 23.7 Å². The van der Waals surface area contributed by atoms with Gasteiger partial charge >= 0.3 is 23.9 Å². The summed E-state index contributed by atoms with van der Waals surface area (Å²) < 4.78 is 31.9. The molecule has 0 N–H and O–H groups in total. The molecule has 4 aromatic rings. The Morgan fingerprint density at radius 1 is 0.579 bits per heavy atom. The molecule has 1 saturated heterocycles. The molecule has 3 fully saturated rings. The Morgan fingerprint density at radius 2 is 1.05 bits per heavy atom. The zero-order valence-corrected chi connectivity index (χ0v) is 33.0. The van der Waals surface area contributed by atoms with Crippen LogP contribution in [0.1, 0.15) is 107 Å². The lowest BCUT2D eigenvalue weighted by molar-refractivity contribution is -0.271. The van der Waals surface area contributed by atoms with E-state index in [-0.39, 0.29) is 31.7 Å². The SMILES string of the molecule is C[C@H]1CC[C@@H]2[C@](C)(COC(=O)c3ccccc3)[C@@H](OC(=O)c3ccccc3)CC[C@]2(C)[C@]12CC[C@](CCOC(=O)c1ccccc1)(COC(=O)c1ccccc1)O2. The lowest BCUT2D eigenvalue weighted by Gasteiger charge is -2.65. The monoisotopic (exact) mass is 772 g/mol. The fraction of sp³-hybridized carbons (Fsp3) is 0.417. The van der Waals surface area contributed by atoms with Crippen molar-refractivity contribution in [2.75, 3.05) is 19.8 Å². The molecule has 9 nitrogen and oxygen atoms in total. The lowest BCUT2D eigenvalue weighted by Crippen LogP contribution is -2.67. The Balaban J connectivity index is 1.18. The molecule has 0 unspecified atom stereocenters. The van der Waals surface area contributed by atoms with Gasteiger partial charge in [-0.3, -0.25) is 0 Å². The summed E-state index contributed by atoms with van der Waals surface area (Å²) in [7, 11) is 0. The first kappa shape index (κ1) is 39.9. The van der Waals surface area contributed by atoms with E-state index in [1.54, 1.807) is 84.9 Å². The number of esters is 4. The molecule has 7 rings (SSSR count). The third-order valence-electron chi connectivity index (χ3n) is 13.3. The summed E-state index contributed by atoms with van der Waals surface area (Å²) in [4.78, 5) is 53.4. The maximum atomic E-state index is 13.6. The zero-order chi connectivity index (χ0) is 40.1. The number of benzene rings is 4. The highest BCUT2D eigenvalue weighted by Gasteiger charge is 2.70. The Morgan fingerprint density at radius 3 is 1.58 bits per heavy atom. The molecule has 4 aromatic carbocycles. The highest BCUT2D eigenvalue weighted by Crippen LogP contribution is 2.68. The largest absolute Gasteiger partial charge is 0.462 e. The van der Waals surface area contributed by atoms with Gasteiger partial charge in [0.15, 0.2) is 0 Å². The molecule has 0 radical (unpaired) electrons. The van der Waals surface area contributed by atoms with Gasteiger partial charge in [-0.1, -0.05) is 93.6 Å². The third-order valence-corrected chi connectivity index (χ3v) is 13.3. The molecule has 1 aliphatic heterocycles. The Bertz CT molecular complexity index is 2020. The van der Waals surface area contributed by atoms with Gasteiger partial charge in [0.1, 0.15) is 24.9 Å². The third kappa shape index (κ3) is 7.99. The summed E-state index contributed by atoms with van der Waals surface area (Å²) in [5.41, 5.74) is -1.02. The number of rotatable bonds is 12. The highest BCUT2D eigenvalue weighted by atomic mass is 16.6. The van der Waals surface area contributed by atoms with Crippen LogP contribution in [0.25, 0.3) is 0 Å². The maximum Gasteiger partial charge on any atom is 0.338 e. The van der Waals surface area contributed by atoms with E-state index in [9.17, 15) is 19.2 Å². The van der Waals surface area contributed by atoms with E-state index in [1.807, 2.05) is 36.4 Å². The maximum absolute atomic E-state index is 13.6. The van der Waals surface area contributed by atoms with E-state index in [0.29, 0.717) is 54.4 Å². The molecule has 298 valence electrons. The molecular formula is C48H52O9. The zero-order valence-electron chi connectivity index (χ0n) is 33.0. The summed E-state index contributed by atoms with van der Waals surface area (Å²) in [5, 5.41) is 0. The van der Waals surface area contributed by atoms with Gasteiger partial charge in [-0.25, -0.2) is 19.2 Å². The molecule has 0 bridgehead atoms. The van der Waals surface area contributed by atoms with Crippen molar-refractivity contribution >= 4 is 23.9 Å². The van der Waals surface area contributed by atoms with Gasteiger partial charge in [-0.15, -0.1) is 0 Å². The molecule has 1 spiro atoms. The van der Waals surface area contributed by atoms with Crippen molar-refractivity contribution in [1.29, 1.82) is 0 Å². The smallest absolute Gasteiger partial charge is 0.338 e. The summed E-state index contributed by atoms with van der Waals surface area (Å²) in [6.07, 6.45) is 3.92. The molecule has 2 saturated carbocycles. The highest BCUT2D eigenvalue weighted by molar-refractivity contribution is 5.91. The topological polar surface area (TPSA) is 114 Å². The van der Waals surface area contributed by atoms with Crippen LogP contribution in [-0.4, -0.2) is 61.0 Å². The average molecular weight is 773 g/mol. The van der Waals surface area contributed by atoms with E-state index in [4.69, 9.17) is 23.7 Å². The van der Waals surface area contributed by atoms with Gasteiger partial charge in [0.2, 0.25) is 0 Å². The van der Waals surface area contributed by atoms with Gasteiger partial charge in [0, 0.05) is 17.3 Å². The molecule has 0 amide bonds. The molecule has 1 heterocycles. The number of carbonyl (C=O) groups excluding carboxylic acids is 4. The van der Waals surface area contributed by atoms with E-state index in [0.717, 1.165) is 12.8 Å². The van der Waals surface area contributed by atoms with Crippen LogP contribution in [0.2, 0.25) is 0 Å². The molecule has 57 heavy (non-hydrogen) atoms. The van der Waals surface area contributed by atoms with E-state index < -0.39 is 52.0 Å². The van der Waals surface area contributed by atoms with Crippen LogP contribution < -0.4 is 0 Å². The van der Waals surface area contributed by atoms with Gasteiger partial charge in [0.25, 0.3) is 0 Å². The first-order chi connectivity index (χ1) is 27.5. The Labute approximate surface area is 335 Å². The van der Waals surface area contributed by atoms with E-state index >= 15 is 0 Å². The minimum atomic E-state index is -0.937. The van der Waals surface area contributed by atoms with Crippen molar-refractivity contribution in [1.82, 2.24) is 0 Å². The first-order valence-electron chi connectivity index (χ1n) is 20.1. The van der Waals surface area contributed by atoms with Crippen LogP contribution >= 0.6 is 0 Å². The van der Waals surface area contributed by atoms with Crippen molar-refractivity contribution in [3.05, 3.63) is 144 Å². The fourth-order valence-corrected chi connectivity index (χ4v) is 10.1. The predicted molar refractivity (Wildman–Crippen MR) is 214 cm³/mol. The van der Waals surface area contributed by atoms with Crippen LogP contribution in [-0.2, 0) is 23.7 Å². The second-order valence-electron chi connectivity index (χ2n) is 16.6. The lowest BCUT2D eigenvalue weighted by atomic mass is 9.43. The molecule has 3 aliphatic rings. The predicted octanol–water partition coefficient (Wildman–Crippen LogP) is 9.31. The van der Waals surface area contributed by atoms with Crippen molar-refractivity contribution in [2.45, 2.75) is 83.0 Å². The van der Waals surface area contributed by atoms with Crippen LogP contribution in [0.4, 0.5) is 0 Å². The first-order valence-corrected chi connectivity index (χ1v) is 20.1. The van der Waals surface area contributed by atoms with Crippen molar-refractivity contribution in [3.8, 4) is 0 Å². The van der Waals surface area contributed by atoms with Gasteiger partial charge in [-0.2, -0.15) is 0 Å². The molecule has 2 aliphatic carbocycles. The summed E-state index contributed by atoms with van der Waals surface area (Å²) in [6.45, 7) is 6.72.